The van der Waals surface area contributed by atoms with Crippen molar-refractivity contribution >= 4 is 5.91 Å². The summed E-state index contributed by atoms with van der Waals surface area (Å²) in [7, 11) is 0. The molecule has 2 unspecified atom stereocenters. The van der Waals surface area contributed by atoms with Gasteiger partial charge < -0.3 is 14.4 Å². The number of amides is 1. The summed E-state index contributed by atoms with van der Waals surface area (Å²) in [5.74, 6) is 0.457. The molecule has 5 nitrogen and oxygen atoms in total. The number of likely N-dealkylation sites (tertiary alicyclic amines) is 1. The van der Waals surface area contributed by atoms with Crippen LogP contribution in [0.4, 0.5) is 0 Å². The maximum Gasteiger partial charge on any atom is 0.254 e. The number of furan rings is 1. The molecule has 1 aromatic heterocycles. The minimum absolute atomic E-state index is 0.0409. The molecular weight excluding hydrogens is 316 g/mol. The average Bonchev–Trinajstić information content (AvgIpc) is 3.09. The number of carbonyl (C=O) groups is 1. The van der Waals surface area contributed by atoms with Gasteiger partial charge in [0.25, 0.3) is 5.91 Å². The van der Waals surface area contributed by atoms with Crippen LogP contribution >= 0.6 is 0 Å². The van der Waals surface area contributed by atoms with Crippen LogP contribution in [0, 0.1) is 11.3 Å². The lowest BCUT2D eigenvalue weighted by molar-refractivity contribution is 0.0557. The van der Waals surface area contributed by atoms with Crippen LogP contribution in [0.3, 0.4) is 0 Å². The lowest BCUT2D eigenvalue weighted by atomic mass is 10.0. The van der Waals surface area contributed by atoms with E-state index in [0.29, 0.717) is 29.9 Å². The Kier molecular flexibility index (Phi) is 5.52. The van der Waals surface area contributed by atoms with E-state index in [1.807, 2.05) is 4.90 Å². The molecule has 3 rings (SSSR count). The summed E-state index contributed by atoms with van der Waals surface area (Å²) in [6, 6.07) is 12.3. The molecule has 2 aromatic rings. The maximum absolute atomic E-state index is 13.0. The molecule has 5 heteroatoms. The lowest BCUT2D eigenvalue weighted by Gasteiger charge is -2.31. The Labute approximate surface area is 147 Å². The van der Waals surface area contributed by atoms with Crippen LogP contribution < -0.4 is 0 Å². The molecular formula is C20H22N2O3. The van der Waals surface area contributed by atoms with E-state index < -0.39 is 6.10 Å². The van der Waals surface area contributed by atoms with Crippen LogP contribution in [-0.2, 0) is 0 Å². The van der Waals surface area contributed by atoms with Crippen molar-refractivity contribution < 1.29 is 14.3 Å². The van der Waals surface area contributed by atoms with Gasteiger partial charge in [-0.1, -0.05) is 18.9 Å². The maximum atomic E-state index is 13.0. The zero-order valence-electron chi connectivity index (χ0n) is 14.1. The average molecular weight is 338 g/mol. The highest BCUT2D eigenvalue weighted by Gasteiger charge is 2.29. The minimum Gasteiger partial charge on any atom is -0.467 e. The number of carbonyl (C=O) groups excluding carboxylic acids is 1. The SMILES string of the molecule is N#Cc1cccc(C(=O)N2CCCCCC2CC(O)c2ccco2)c1. The summed E-state index contributed by atoms with van der Waals surface area (Å²) in [5.41, 5.74) is 1.01. The smallest absolute Gasteiger partial charge is 0.254 e. The highest BCUT2D eigenvalue weighted by atomic mass is 16.4. The first-order valence-electron chi connectivity index (χ1n) is 8.71. The Morgan fingerprint density at radius 2 is 2.20 bits per heavy atom. The number of nitrogens with zero attached hydrogens (tertiary/aromatic N) is 2. The van der Waals surface area contributed by atoms with Crippen molar-refractivity contribution in [2.45, 2.75) is 44.2 Å². The number of aliphatic hydroxyl groups excluding tert-OH is 1. The Balaban J connectivity index is 1.80. The van der Waals surface area contributed by atoms with E-state index in [1.165, 1.54) is 0 Å². The minimum atomic E-state index is -0.723. The van der Waals surface area contributed by atoms with Gasteiger partial charge in [0.1, 0.15) is 11.9 Å². The van der Waals surface area contributed by atoms with Gasteiger partial charge in [-0.3, -0.25) is 4.79 Å². The van der Waals surface area contributed by atoms with Crippen molar-refractivity contribution in [3.05, 3.63) is 59.5 Å². The zero-order chi connectivity index (χ0) is 17.6. The van der Waals surface area contributed by atoms with Gasteiger partial charge in [0.2, 0.25) is 0 Å². The van der Waals surface area contributed by atoms with Gasteiger partial charge in [0, 0.05) is 24.6 Å². The highest BCUT2D eigenvalue weighted by molar-refractivity contribution is 5.94. The zero-order valence-corrected chi connectivity index (χ0v) is 14.1. The molecule has 1 aliphatic rings. The molecule has 1 aliphatic heterocycles. The monoisotopic (exact) mass is 338 g/mol. The second-order valence-corrected chi connectivity index (χ2v) is 6.46. The first kappa shape index (κ1) is 17.2. The molecule has 2 atom stereocenters. The molecule has 0 radical (unpaired) electrons. The van der Waals surface area contributed by atoms with Gasteiger partial charge in [-0.05, 0) is 43.2 Å². The normalized spacial score (nSPS) is 19.0. The number of hydrogen-bond donors (Lipinski definition) is 1. The fourth-order valence-corrected chi connectivity index (χ4v) is 3.43. The summed E-state index contributed by atoms with van der Waals surface area (Å²) in [6.45, 7) is 0.672. The van der Waals surface area contributed by atoms with Crippen LogP contribution in [0.15, 0.2) is 47.1 Å². The second-order valence-electron chi connectivity index (χ2n) is 6.46. The van der Waals surface area contributed by atoms with E-state index >= 15 is 0 Å². The Bertz CT molecular complexity index is 749. The first-order valence-corrected chi connectivity index (χ1v) is 8.71. The summed E-state index contributed by atoms with van der Waals surface area (Å²) in [6.07, 6.45) is 5.21. The number of benzene rings is 1. The van der Waals surface area contributed by atoms with Gasteiger partial charge in [-0.25, -0.2) is 0 Å². The van der Waals surface area contributed by atoms with E-state index in [2.05, 4.69) is 6.07 Å². The van der Waals surface area contributed by atoms with E-state index in [4.69, 9.17) is 9.68 Å². The lowest BCUT2D eigenvalue weighted by Crippen LogP contribution is -2.41. The molecule has 1 fully saturated rings. The van der Waals surface area contributed by atoms with Crippen LogP contribution in [0.1, 0.15) is 59.9 Å². The van der Waals surface area contributed by atoms with Crippen LogP contribution in [-0.4, -0.2) is 28.5 Å². The predicted molar refractivity (Wildman–Crippen MR) is 92.7 cm³/mol. The van der Waals surface area contributed by atoms with Gasteiger partial charge in [-0.15, -0.1) is 0 Å². The molecule has 0 saturated carbocycles. The third-order valence-electron chi connectivity index (χ3n) is 4.74. The number of aliphatic hydroxyl groups is 1. The molecule has 130 valence electrons. The van der Waals surface area contributed by atoms with Crippen molar-refractivity contribution in [3.63, 3.8) is 0 Å². The van der Waals surface area contributed by atoms with Crippen molar-refractivity contribution in [1.29, 1.82) is 5.26 Å². The van der Waals surface area contributed by atoms with E-state index in [1.54, 1.807) is 42.7 Å². The van der Waals surface area contributed by atoms with Crippen molar-refractivity contribution in [1.82, 2.24) is 4.90 Å². The van der Waals surface area contributed by atoms with Gasteiger partial charge in [-0.2, -0.15) is 5.26 Å². The van der Waals surface area contributed by atoms with E-state index in [-0.39, 0.29) is 11.9 Å². The van der Waals surface area contributed by atoms with Crippen molar-refractivity contribution in [2.75, 3.05) is 6.54 Å². The van der Waals surface area contributed by atoms with Crippen molar-refractivity contribution in [2.24, 2.45) is 0 Å². The molecule has 0 bridgehead atoms. The van der Waals surface area contributed by atoms with E-state index in [0.717, 1.165) is 25.7 Å². The summed E-state index contributed by atoms with van der Waals surface area (Å²) >= 11 is 0. The van der Waals surface area contributed by atoms with Crippen molar-refractivity contribution in [3.8, 4) is 6.07 Å². The van der Waals surface area contributed by atoms with Gasteiger partial charge >= 0.3 is 0 Å². The number of rotatable bonds is 4. The molecule has 1 aromatic carbocycles. The Morgan fingerprint density at radius 3 is 2.96 bits per heavy atom. The molecule has 0 aliphatic carbocycles. The molecule has 0 spiro atoms. The molecule has 25 heavy (non-hydrogen) atoms. The molecule has 1 saturated heterocycles. The van der Waals surface area contributed by atoms with Gasteiger partial charge in [0.05, 0.1) is 17.9 Å². The topological polar surface area (TPSA) is 77.5 Å². The van der Waals surface area contributed by atoms with Crippen LogP contribution in [0.5, 0.6) is 0 Å². The predicted octanol–water partition coefficient (Wildman–Crippen LogP) is 3.66. The Morgan fingerprint density at radius 1 is 1.32 bits per heavy atom. The quantitative estimate of drug-likeness (QED) is 0.923. The van der Waals surface area contributed by atoms with E-state index in [9.17, 15) is 9.90 Å². The van der Waals surface area contributed by atoms with Gasteiger partial charge in [0.15, 0.2) is 0 Å². The summed E-state index contributed by atoms with van der Waals surface area (Å²) in [5, 5.41) is 19.5. The third-order valence-corrected chi connectivity index (χ3v) is 4.74. The Hall–Kier alpha value is -2.58. The summed E-state index contributed by atoms with van der Waals surface area (Å²) in [4.78, 5) is 14.9. The molecule has 1 amide bonds. The summed E-state index contributed by atoms with van der Waals surface area (Å²) < 4.78 is 5.29. The molecule has 2 heterocycles. The first-order chi connectivity index (χ1) is 12.2. The highest BCUT2D eigenvalue weighted by Crippen LogP contribution is 2.28. The fourth-order valence-electron chi connectivity index (χ4n) is 3.43. The second kappa shape index (κ2) is 8.00. The fraction of sp³-hybridized carbons (Fsp3) is 0.400. The number of hydrogen-bond acceptors (Lipinski definition) is 4. The van der Waals surface area contributed by atoms with Crippen LogP contribution in [0.25, 0.3) is 0 Å². The third kappa shape index (κ3) is 4.09. The largest absolute Gasteiger partial charge is 0.467 e. The number of nitriles is 1. The van der Waals surface area contributed by atoms with Crippen LogP contribution in [0.2, 0.25) is 0 Å². The molecule has 1 N–H and O–H groups in total. The standard InChI is InChI=1S/C20H22N2O3/c21-14-15-6-4-7-16(12-15)20(24)22-10-3-1-2-8-17(22)13-18(23)19-9-5-11-25-19/h4-7,9,11-12,17-18,23H,1-3,8,10,13H2.